The normalized spacial score (nSPS) is 22.1. The maximum atomic E-state index is 11.2. The molecule has 0 amide bonds. The van der Waals surface area contributed by atoms with Crippen molar-refractivity contribution in [2.75, 3.05) is 5.32 Å². The standard InChI is InChI=1S/C17H20N2O2/c1-11-4-2-5-12(10-11)18-16-9-8-13-14(17(20)21)6-3-7-15(13)19-16/h3,6-9,11-12H,2,4-5,10H2,1H3,(H,18,19)(H,20,21). The summed E-state index contributed by atoms with van der Waals surface area (Å²) in [6.07, 6.45) is 4.93. The highest BCUT2D eigenvalue weighted by molar-refractivity contribution is 6.02. The Morgan fingerprint density at radius 3 is 2.90 bits per heavy atom. The minimum Gasteiger partial charge on any atom is -0.478 e. The van der Waals surface area contributed by atoms with Crippen molar-refractivity contribution in [1.29, 1.82) is 0 Å². The summed E-state index contributed by atoms with van der Waals surface area (Å²) in [7, 11) is 0. The summed E-state index contributed by atoms with van der Waals surface area (Å²) in [5.74, 6) is 0.684. The van der Waals surface area contributed by atoms with Crippen LogP contribution < -0.4 is 5.32 Å². The van der Waals surface area contributed by atoms with Gasteiger partial charge in [0.05, 0.1) is 11.1 Å². The van der Waals surface area contributed by atoms with E-state index >= 15 is 0 Å². The summed E-state index contributed by atoms with van der Waals surface area (Å²) in [5.41, 5.74) is 1.03. The van der Waals surface area contributed by atoms with E-state index in [1.165, 1.54) is 25.7 Å². The van der Waals surface area contributed by atoms with Crippen LogP contribution in [0.3, 0.4) is 0 Å². The van der Waals surface area contributed by atoms with E-state index in [2.05, 4.69) is 17.2 Å². The third-order valence-corrected chi connectivity index (χ3v) is 4.25. The number of hydrogen-bond donors (Lipinski definition) is 2. The number of anilines is 1. The molecule has 1 aromatic carbocycles. The van der Waals surface area contributed by atoms with E-state index < -0.39 is 5.97 Å². The lowest BCUT2D eigenvalue weighted by Crippen LogP contribution is -2.26. The average molecular weight is 284 g/mol. The molecule has 3 rings (SSSR count). The Morgan fingerprint density at radius 1 is 1.29 bits per heavy atom. The lowest BCUT2D eigenvalue weighted by Gasteiger charge is -2.27. The van der Waals surface area contributed by atoms with Crippen LogP contribution in [0.4, 0.5) is 5.82 Å². The highest BCUT2D eigenvalue weighted by Gasteiger charge is 2.19. The van der Waals surface area contributed by atoms with Crippen LogP contribution in [0.15, 0.2) is 30.3 Å². The number of aromatic carboxylic acids is 1. The number of carboxylic acid groups (broad SMARTS) is 1. The van der Waals surface area contributed by atoms with E-state index in [4.69, 9.17) is 0 Å². The van der Waals surface area contributed by atoms with Gasteiger partial charge in [0.25, 0.3) is 0 Å². The Morgan fingerprint density at radius 2 is 2.14 bits per heavy atom. The topological polar surface area (TPSA) is 62.2 Å². The highest BCUT2D eigenvalue weighted by Crippen LogP contribution is 2.26. The number of carboxylic acids is 1. The van der Waals surface area contributed by atoms with Crippen LogP contribution in [0.2, 0.25) is 0 Å². The molecule has 1 aromatic heterocycles. The minimum atomic E-state index is -0.913. The van der Waals surface area contributed by atoms with Crippen LogP contribution in [0.1, 0.15) is 43.0 Å². The fraction of sp³-hybridized carbons (Fsp3) is 0.412. The van der Waals surface area contributed by atoms with Gasteiger partial charge in [-0.3, -0.25) is 0 Å². The van der Waals surface area contributed by atoms with Crippen LogP contribution in [0.5, 0.6) is 0 Å². The molecule has 21 heavy (non-hydrogen) atoms. The van der Waals surface area contributed by atoms with Gasteiger partial charge in [0, 0.05) is 11.4 Å². The molecule has 1 aliphatic rings. The van der Waals surface area contributed by atoms with Crippen molar-refractivity contribution in [2.24, 2.45) is 5.92 Å². The summed E-state index contributed by atoms with van der Waals surface area (Å²) >= 11 is 0. The lowest BCUT2D eigenvalue weighted by molar-refractivity contribution is 0.0699. The number of carbonyl (C=O) groups is 1. The van der Waals surface area contributed by atoms with E-state index in [0.29, 0.717) is 17.0 Å². The molecule has 0 radical (unpaired) electrons. The number of rotatable bonds is 3. The zero-order valence-electron chi connectivity index (χ0n) is 12.2. The maximum absolute atomic E-state index is 11.2. The Balaban J connectivity index is 1.86. The Labute approximate surface area is 124 Å². The van der Waals surface area contributed by atoms with Gasteiger partial charge >= 0.3 is 5.97 Å². The van der Waals surface area contributed by atoms with Gasteiger partial charge in [-0.05, 0) is 43.0 Å². The van der Waals surface area contributed by atoms with Gasteiger partial charge in [-0.2, -0.15) is 0 Å². The number of nitrogens with one attached hydrogen (secondary N) is 1. The van der Waals surface area contributed by atoms with Gasteiger partial charge in [0.15, 0.2) is 0 Å². The predicted octanol–water partition coefficient (Wildman–Crippen LogP) is 3.92. The van der Waals surface area contributed by atoms with E-state index in [9.17, 15) is 9.90 Å². The van der Waals surface area contributed by atoms with Crippen molar-refractivity contribution >= 4 is 22.7 Å². The Kier molecular flexibility index (Phi) is 3.78. The number of fused-ring (bicyclic) bond motifs is 1. The fourth-order valence-corrected chi connectivity index (χ4v) is 3.20. The third kappa shape index (κ3) is 2.99. The molecule has 2 atom stereocenters. The monoisotopic (exact) mass is 284 g/mol. The molecule has 0 aliphatic heterocycles. The summed E-state index contributed by atoms with van der Waals surface area (Å²) < 4.78 is 0. The van der Waals surface area contributed by atoms with Gasteiger partial charge in [0.2, 0.25) is 0 Å². The lowest BCUT2D eigenvalue weighted by atomic mass is 9.87. The molecule has 1 saturated carbocycles. The first kappa shape index (κ1) is 13.9. The number of nitrogens with zero attached hydrogens (tertiary/aromatic N) is 1. The molecule has 1 aliphatic carbocycles. The fourth-order valence-electron chi connectivity index (χ4n) is 3.20. The first-order chi connectivity index (χ1) is 10.1. The second kappa shape index (κ2) is 5.72. The second-order valence-electron chi connectivity index (χ2n) is 5.99. The molecule has 1 fully saturated rings. The van der Waals surface area contributed by atoms with Crippen LogP contribution in [0, 0.1) is 5.92 Å². The molecule has 4 heteroatoms. The van der Waals surface area contributed by atoms with Gasteiger partial charge < -0.3 is 10.4 Å². The average Bonchev–Trinajstić information content (AvgIpc) is 2.46. The maximum Gasteiger partial charge on any atom is 0.336 e. The minimum absolute atomic E-state index is 0.304. The summed E-state index contributed by atoms with van der Waals surface area (Å²) in [6.45, 7) is 2.29. The molecule has 2 N–H and O–H groups in total. The molecule has 4 nitrogen and oxygen atoms in total. The summed E-state index contributed by atoms with van der Waals surface area (Å²) in [5, 5.41) is 13.4. The number of aromatic nitrogens is 1. The molecule has 1 heterocycles. The van der Waals surface area contributed by atoms with Crippen molar-refractivity contribution in [3.05, 3.63) is 35.9 Å². The molecule has 0 spiro atoms. The van der Waals surface area contributed by atoms with Gasteiger partial charge in [-0.1, -0.05) is 25.8 Å². The number of hydrogen-bond acceptors (Lipinski definition) is 3. The van der Waals surface area contributed by atoms with Crippen LogP contribution in [-0.4, -0.2) is 22.1 Å². The Hall–Kier alpha value is -2.10. The van der Waals surface area contributed by atoms with Gasteiger partial charge in [-0.25, -0.2) is 9.78 Å². The smallest absolute Gasteiger partial charge is 0.336 e. The van der Waals surface area contributed by atoms with Crippen LogP contribution >= 0.6 is 0 Å². The number of benzene rings is 1. The van der Waals surface area contributed by atoms with Gasteiger partial charge in [-0.15, -0.1) is 0 Å². The zero-order chi connectivity index (χ0) is 14.8. The van der Waals surface area contributed by atoms with Crippen molar-refractivity contribution < 1.29 is 9.90 Å². The van der Waals surface area contributed by atoms with Crippen LogP contribution in [-0.2, 0) is 0 Å². The summed E-state index contributed by atoms with van der Waals surface area (Å²) in [4.78, 5) is 15.8. The SMILES string of the molecule is CC1CCCC(Nc2ccc3c(C(=O)O)cccc3n2)C1. The zero-order valence-corrected chi connectivity index (χ0v) is 12.2. The van der Waals surface area contributed by atoms with E-state index in [0.717, 1.165) is 17.3 Å². The third-order valence-electron chi connectivity index (χ3n) is 4.25. The van der Waals surface area contributed by atoms with Crippen molar-refractivity contribution in [2.45, 2.75) is 38.6 Å². The van der Waals surface area contributed by atoms with Crippen LogP contribution in [0.25, 0.3) is 10.9 Å². The molecular weight excluding hydrogens is 264 g/mol. The highest BCUT2D eigenvalue weighted by atomic mass is 16.4. The Bertz CT molecular complexity index is 669. The van der Waals surface area contributed by atoms with E-state index in [1.807, 2.05) is 18.2 Å². The van der Waals surface area contributed by atoms with Crippen molar-refractivity contribution in [3.8, 4) is 0 Å². The molecular formula is C17H20N2O2. The predicted molar refractivity (Wildman–Crippen MR) is 83.7 cm³/mol. The number of pyridine rings is 1. The molecule has 2 aromatic rings. The van der Waals surface area contributed by atoms with Gasteiger partial charge in [0.1, 0.15) is 5.82 Å². The largest absolute Gasteiger partial charge is 0.478 e. The first-order valence-electron chi connectivity index (χ1n) is 7.53. The van der Waals surface area contributed by atoms with Crippen molar-refractivity contribution in [1.82, 2.24) is 4.98 Å². The first-order valence-corrected chi connectivity index (χ1v) is 7.53. The second-order valence-corrected chi connectivity index (χ2v) is 5.99. The summed E-state index contributed by atoms with van der Waals surface area (Å²) in [6, 6.07) is 9.42. The quantitative estimate of drug-likeness (QED) is 0.896. The molecule has 110 valence electrons. The van der Waals surface area contributed by atoms with E-state index in [1.54, 1.807) is 12.1 Å². The molecule has 0 saturated heterocycles. The van der Waals surface area contributed by atoms with E-state index in [-0.39, 0.29) is 0 Å². The molecule has 0 bridgehead atoms. The molecule has 2 unspecified atom stereocenters. The van der Waals surface area contributed by atoms with Crippen molar-refractivity contribution in [3.63, 3.8) is 0 Å².